The van der Waals surface area contributed by atoms with E-state index in [9.17, 15) is 0 Å². The Morgan fingerprint density at radius 2 is 1.19 bits per heavy atom. The number of hydrogen-bond acceptors (Lipinski definition) is 2. The molecule has 0 N–H and O–H groups in total. The topological polar surface area (TPSA) is 24.8 Å². The van der Waals surface area contributed by atoms with Crippen molar-refractivity contribution < 1.29 is 4.52 Å². The highest BCUT2D eigenvalue weighted by Gasteiger charge is 2.56. The van der Waals surface area contributed by atoms with E-state index in [-0.39, 0.29) is 5.60 Å². The van der Waals surface area contributed by atoms with Gasteiger partial charge >= 0.3 is 0 Å². The summed E-state index contributed by atoms with van der Waals surface area (Å²) in [6.45, 7) is 22.1. The van der Waals surface area contributed by atoms with E-state index in [1.807, 2.05) is 0 Å². The fraction of sp³-hybridized carbons (Fsp3) is 1.00. The first-order valence-corrected chi connectivity index (χ1v) is 24.8. The summed E-state index contributed by atoms with van der Waals surface area (Å²) in [5.74, 6) is 2.74. The van der Waals surface area contributed by atoms with Crippen molar-refractivity contribution >= 4 is 46.3 Å². The normalized spacial score (nSPS) is 36.2. The second kappa shape index (κ2) is 7.17. The zero-order chi connectivity index (χ0) is 20.5. The summed E-state index contributed by atoms with van der Waals surface area (Å²) in [5, 5.41) is 0. The zero-order valence-corrected chi connectivity index (χ0v) is 24.6. The van der Waals surface area contributed by atoms with Crippen molar-refractivity contribution in [2.24, 2.45) is 22.2 Å². The van der Waals surface area contributed by atoms with Crippen molar-refractivity contribution in [2.45, 2.75) is 103 Å². The van der Waals surface area contributed by atoms with Gasteiger partial charge in [-0.2, -0.15) is 0 Å². The molecule has 158 valence electrons. The molecule has 4 aliphatic rings. The summed E-state index contributed by atoms with van der Waals surface area (Å²) < 4.78 is 15.9. The molecule has 0 radical (unpaired) electrons. The van der Waals surface area contributed by atoms with E-state index in [0.29, 0.717) is 0 Å². The van der Waals surface area contributed by atoms with Crippen molar-refractivity contribution in [3.63, 3.8) is 0 Å². The third-order valence-corrected chi connectivity index (χ3v) is 27.1. The summed E-state index contributed by atoms with van der Waals surface area (Å²) in [6, 6.07) is 0. The van der Waals surface area contributed by atoms with Crippen LogP contribution in [-0.2, 0) is 4.52 Å². The molecule has 0 saturated heterocycles. The van der Waals surface area contributed by atoms with Gasteiger partial charge in [0.1, 0.15) is 16.5 Å². The summed E-state index contributed by atoms with van der Waals surface area (Å²) in [7, 11) is -4.83. The highest BCUT2D eigenvalue weighted by molar-refractivity contribution is 9.40. The maximum Gasteiger partial charge on any atom is 0.199 e. The molecule has 1 atom stereocenters. The Hall–Kier alpha value is 1.28. The summed E-state index contributed by atoms with van der Waals surface area (Å²) in [5.41, 5.74) is 0.104. The van der Waals surface area contributed by atoms with Crippen LogP contribution in [0.1, 0.15) is 38.5 Å². The molecule has 4 fully saturated rings. The Labute approximate surface area is 179 Å². The van der Waals surface area contributed by atoms with Crippen LogP contribution in [0, 0.1) is 17.8 Å². The van der Waals surface area contributed by atoms with Crippen LogP contribution in [0.25, 0.3) is 0 Å². The van der Waals surface area contributed by atoms with Gasteiger partial charge in [0.2, 0.25) is 0 Å². The van der Waals surface area contributed by atoms with Gasteiger partial charge in [0.05, 0.1) is 5.60 Å². The van der Waals surface area contributed by atoms with Crippen molar-refractivity contribution in [1.29, 1.82) is 0 Å². The van der Waals surface area contributed by atoms with Gasteiger partial charge in [-0.05, 0) is 75.9 Å². The molecule has 3 nitrogen and oxygen atoms in total. The third kappa shape index (κ3) is 5.13. The second-order valence-corrected chi connectivity index (χ2v) is 32.8. The number of hydrogen-bond donors (Lipinski definition) is 0. The van der Waals surface area contributed by atoms with E-state index in [4.69, 9.17) is 8.93 Å². The summed E-state index contributed by atoms with van der Waals surface area (Å²) >= 11 is 4.30. The molecule has 4 bridgehead atoms. The molecule has 4 saturated carbocycles. The van der Waals surface area contributed by atoms with E-state index in [1.165, 1.54) is 38.5 Å². The number of rotatable bonds is 6. The number of halogens is 1. The first kappa shape index (κ1) is 23.0. The van der Waals surface area contributed by atoms with Crippen LogP contribution >= 0.6 is 21.6 Å². The minimum absolute atomic E-state index is 0.104. The van der Waals surface area contributed by atoms with Gasteiger partial charge in [0.25, 0.3) is 0 Å². The molecule has 8 heteroatoms. The summed E-state index contributed by atoms with van der Waals surface area (Å²) in [6.07, 6.45) is 6.13. The zero-order valence-electron chi connectivity index (χ0n) is 19.1. The highest BCUT2D eigenvalue weighted by Crippen LogP contribution is 2.71. The van der Waals surface area contributed by atoms with Crippen LogP contribution in [0.2, 0.25) is 58.9 Å². The standard InChI is InChI=1S/C19H42BrN2OPSi3/c1-25(2,3)21-24(20,22(26(4,5)6)27(7,8)9)23-19-13-16-10-17(14-19)12-18(11-16)15-19/h16-18H,10-15H2,1-9H3. The van der Waals surface area contributed by atoms with Crippen molar-refractivity contribution in [3.05, 3.63) is 0 Å². The minimum Gasteiger partial charge on any atom is -0.319 e. The lowest BCUT2D eigenvalue weighted by molar-refractivity contribution is -0.103. The largest absolute Gasteiger partial charge is 0.319 e. The maximum absolute atomic E-state index is 7.42. The van der Waals surface area contributed by atoms with Crippen LogP contribution < -0.4 is 0 Å². The first-order valence-electron chi connectivity index (χ1n) is 10.9. The van der Waals surface area contributed by atoms with E-state index >= 15 is 0 Å². The van der Waals surface area contributed by atoms with Gasteiger partial charge in [0.15, 0.2) is 14.4 Å². The molecular formula is C19H42BrN2OPSi3. The van der Waals surface area contributed by atoms with E-state index < -0.39 is 30.8 Å². The molecule has 0 amide bonds. The lowest BCUT2D eigenvalue weighted by Crippen LogP contribution is -2.58. The third-order valence-electron chi connectivity index (χ3n) is 6.23. The van der Waals surface area contributed by atoms with Crippen LogP contribution in [0.4, 0.5) is 0 Å². The first-order chi connectivity index (χ1) is 12.0. The van der Waals surface area contributed by atoms with Crippen LogP contribution in [0.15, 0.2) is 4.41 Å². The minimum atomic E-state index is -2.14. The molecule has 0 aromatic heterocycles. The predicted molar refractivity (Wildman–Crippen MR) is 132 cm³/mol. The average molecular weight is 510 g/mol. The van der Waals surface area contributed by atoms with Crippen LogP contribution in [0.5, 0.6) is 0 Å². The Morgan fingerprint density at radius 1 is 0.815 bits per heavy atom. The molecule has 0 aliphatic heterocycles. The van der Waals surface area contributed by atoms with Gasteiger partial charge in [-0.25, -0.2) is 0 Å². The van der Waals surface area contributed by atoms with Gasteiger partial charge in [-0.1, -0.05) is 39.3 Å². The molecule has 27 heavy (non-hydrogen) atoms. The van der Waals surface area contributed by atoms with Gasteiger partial charge in [-0.15, -0.1) is 0 Å². The molecule has 0 heterocycles. The Morgan fingerprint density at radius 3 is 1.48 bits per heavy atom. The van der Waals surface area contributed by atoms with Crippen molar-refractivity contribution in [2.75, 3.05) is 0 Å². The molecule has 0 aromatic carbocycles. The van der Waals surface area contributed by atoms with Crippen LogP contribution in [0.3, 0.4) is 0 Å². The van der Waals surface area contributed by atoms with Gasteiger partial charge in [-0.3, -0.25) is 8.41 Å². The van der Waals surface area contributed by atoms with Crippen molar-refractivity contribution in [3.8, 4) is 0 Å². The Balaban J connectivity index is 2.05. The van der Waals surface area contributed by atoms with E-state index in [0.717, 1.165) is 17.8 Å². The molecule has 0 spiro atoms. The Bertz CT molecular complexity index is 587. The van der Waals surface area contributed by atoms with Gasteiger partial charge < -0.3 is 4.52 Å². The SMILES string of the molecule is C[Si](C)(C)N=P(Br)(OC12CC3CC(CC(C3)C1)C2)N([Si](C)(C)C)[Si](C)(C)C. The second-order valence-electron chi connectivity index (χ2n) is 12.6. The predicted octanol–water partition coefficient (Wildman–Crippen LogP) is 8.12. The van der Waals surface area contributed by atoms with Crippen molar-refractivity contribution in [1.82, 2.24) is 4.00 Å². The lowest BCUT2D eigenvalue weighted by Gasteiger charge is -2.59. The Kier molecular flexibility index (Phi) is 6.09. The van der Waals surface area contributed by atoms with E-state index in [1.54, 1.807) is 0 Å². The molecule has 1 unspecified atom stereocenters. The van der Waals surface area contributed by atoms with E-state index in [2.05, 4.69) is 78.4 Å². The maximum atomic E-state index is 7.42. The fourth-order valence-corrected chi connectivity index (χ4v) is 39.7. The average Bonchev–Trinajstić information content (AvgIpc) is 2.27. The quantitative estimate of drug-likeness (QED) is 0.267. The smallest absolute Gasteiger partial charge is 0.199 e. The molecule has 4 rings (SSSR count). The molecular weight excluding hydrogens is 467 g/mol. The lowest BCUT2D eigenvalue weighted by atomic mass is 9.54. The van der Waals surface area contributed by atoms with Gasteiger partial charge in [0, 0.05) is 15.5 Å². The number of nitrogens with zero attached hydrogens (tertiary/aromatic N) is 2. The highest BCUT2D eigenvalue weighted by atomic mass is 79.9. The molecule has 0 aromatic rings. The monoisotopic (exact) mass is 508 g/mol. The summed E-state index contributed by atoms with van der Waals surface area (Å²) in [4.78, 5) is 0. The molecule has 4 aliphatic carbocycles. The fourth-order valence-electron chi connectivity index (χ4n) is 6.61. The van der Waals surface area contributed by atoms with Crippen LogP contribution in [-0.4, -0.2) is 34.3 Å².